The number of nitrogens with zero attached hydrogens (tertiary/aromatic N) is 3. The number of carbonyl (C=O) groups is 1. The fraction of sp³-hybridized carbons (Fsp3) is 0.471. The van der Waals surface area contributed by atoms with Gasteiger partial charge < -0.3 is 5.32 Å². The summed E-state index contributed by atoms with van der Waals surface area (Å²) >= 11 is 5.82. The molecule has 1 fully saturated rings. The van der Waals surface area contributed by atoms with Gasteiger partial charge in [-0.3, -0.25) is 14.8 Å². The summed E-state index contributed by atoms with van der Waals surface area (Å²) in [5, 5.41) is 10.5. The van der Waals surface area contributed by atoms with Crippen LogP contribution < -0.4 is 5.32 Å². The molecule has 3 atom stereocenters. The molecule has 128 valence electrons. The summed E-state index contributed by atoms with van der Waals surface area (Å²) < 4.78 is 0. The zero-order valence-corrected chi connectivity index (χ0v) is 14.6. The van der Waals surface area contributed by atoms with Gasteiger partial charge in [0.25, 0.3) is 0 Å². The molecule has 2 aromatic rings. The molecule has 0 bridgehead atoms. The standard InChI is InChI=1S/C17H22ClN5O/c1-11-7-13(15-5-6-20-22-15)10-23(9-11)12(2)17(24)21-16-4-3-14(18)8-19-16/h3-6,8,11-13H,7,9-10H2,1-2H3,(H,20,22)(H,19,21,24)/t11-,12-,13-/m0/s1. The Morgan fingerprint density at radius 2 is 2.25 bits per heavy atom. The minimum absolute atomic E-state index is 0.0534. The van der Waals surface area contributed by atoms with Gasteiger partial charge in [0, 0.05) is 37.1 Å². The molecular weight excluding hydrogens is 326 g/mol. The number of hydrogen-bond donors (Lipinski definition) is 2. The maximum absolute atomic E-state index is 12.6. The predicted octanol–water partition coefficient (Wildman–Crippen LogP) is 2.91. The molecule has 2 N–H and O–H groups in total. The highest BCUT2D eigenvalue weighted by Gasteiger charge is 2.31. The van der Waals surface area contributed by atoms with Crippen LogP contribution >= 0.6 is 11.6 Å². The van der Waals surface area contributed by atoms with E-state index in [4.69, 9.17) is 11.6 Å². The molecule has 0 aromatic carbocycles. The molecule has 7 heteroatoms. The summed E-state index contributed by atoms with van der Waals surface area (Å²) in [6.45, 7) is 5.91. The molecule has 0 aliphatic carbocycles. The number of rotatable bonds is 4. The van der Waals surface area contributed by atoms with Crippen molar-refractivity contribution in [1.29, 1.82) is 0 Å². The number of carbonyl (C=O) groups excluding carboxylic acids is 1. The minimum atomic E-state index is -0.226. The molecule has 2 aromatic heterocycles. The second kappa shape index (κ2) is 7.32. The van der Waals surface area contributed by atoms with Crippen LogP contribution in [-0.4, -0.2) is 45.1 Å². The summed E-state index contributed by atoms with van der Waals surface area (Å²) in [4.78, 5) is 18.9. The van der Waals surface area contributed by atoms with Gasteiger partial charge in [-0.05, 0) is 37.5 Å². The van der Waals surface area contributed by atoms with E-state index in [1.165, 1.54) is 6.20 Å². The van der Waals surface area contributed by atoms with Gasteiger partial charge in [0.05, 0.1) is 11.1 Å². The number of aromatic amines is 1. The van der Waals surface area contributed by atoms with Gasteiger partial charge in [0.15, 0.2) is 0 Å². The first-order valence-electron chi connectivity index (χ1n) is 8.18. The van der Waals surface area contributed by atoms with Gasteiger partial charge in [-0.25, -0.2) is 4.98 Å². The first-order chi connectivity index (χ1) is 11.5. The highest BCUT2D eigenvalue weighted by molar-refractivity contribution is 6.30. The summed E-state index contributed by atoms with van der Waals surface area (Å²) in [6.07, 6.45) is 4.41. The first kappa shape index (κ1) is 16.9. The van der Waals surface area contributed by atoms with Crippen LogP contribution in [0.4, 0.5) is 5.82 Å². The molecule has 3 heterocycles. The number of nitrogens with one attached hydrogen (secondary N) is 2. The lowest BCUT2D eigenvalue weighted by Crippen LogP contribution is -2.48. The van der Waals surface area contributed by atoms with Crippen LogP contribution in [0.25, 0.3) is 0 Å². The zero-order chi connectivity index (χ0) is 17.1. The molecule has 0 radical (unpaired) electrons. The largest absolute Gasteiger partial charge is 0.309 e. The third-order valence-electron chi connectivity index (χ3n) is 4.56. The Labute approximate surface area is 146 Å². The average molecular weight is 348 g/mol. The minimum Gasteiger partial charge on any atom is -0.309 e. The normalized spacial score (nSPS) is 23.0. The van der Waals surface area contributed by atoms with Crippen LogP contribution in [0.5, 0.6) is 0 Å². The van der Waals surface area contributed by atoms with E-state index in [2.05, 4.69) is 32.3 Å². The quantitative estimate of drug-likeness (QED) is 0.891. The van der Waals surface area contributed by atoms with Crippen LogP contribution in [0.1, 0.15) is 31.9 Å². The molecule has 0 unspecified atom stereocenters. The van der Waals surface area contributed by atoms with E-state index in [1.807, 2.05) is 13.0 Å². The Bertz CT molecular complexity index is 673. The number of likely N-dealkylation sites (tertiary alicyclic amines) is 1. The number of halogens is 1. The third kappa shape index (κ3) is 3.94. The molecule has 1 aliphatic rings. The number of anilines is 1. The van der Waals surface area contributed by atoms with E-state index in [9.17, 15) is 4.79 Å². The molecule has 1 amide bonds. The SMILES string of the molecule is C[C@H]1C[C@H](c2ccn[nH]2)CN([C@@H](C)C(=O)Nc2ccc(Cl)cn2)C1. The average Bonchev–Trinajstić information content (AvgIpc) is 3.10. The summed E-state index contributed by atoms with van der Waals surface area (Å²) in [5.74, 6) is 1.37. The summed E-state index contributed by atoms with van der Waals surface area (Å²) in [6, 6.07) is 5.21. The fourth-order valence-electron chi connectivity index (χ4n) is 3.27. The molecule has 0 saturated carbocycles. The Hall–Kier alpha value is -1.92. The number of pyridine rings is 1. The maximum Gasteiger partial charge on any atom is 0.242 e. The Morgan fingerprint density at radius 1 is 1.42 bits per heavy atom. The molecule has 1 aliphatic heterocycles. The van der Waals surface area contributed by atoms with Gasteiger partial charge >= 0.3 is 0 Å². The Balaban J connectivity index is 1.65. The second-order valence-corrected chi connectivity index (χ2v) is 6.97. The van der Waals surface area contributed by atoms with Crippen molar-refractivity contribution in [2.75, 3.05) is 18.4 Å². The first-order valence-corrected chi connectivity index (χ1v) is 8.56. The lowest BCUT2D eigenvalue weighted by atomic mass is 9.87. The second-order valence-electron chi connectivity index (χ2n) is 6.53. The van der Waals surface area contributed by atoms with E-state index in [1.54, 1.807) is 18.3 Å². The van der Waals surface area contributed by atoms with Gasteiger partial charge in [-0.15, -0.1) is 0 Å². The van der Waals surface area contributed by atoms with Gasteiger partial charge in [0.1, 0.15) is 5.82 Å². The molecule has 1 saturated heterocycles. The van der Waals surface area contributed by atoms with E-state index >= 15 is 0 Å². The van der Waals surface area contributed by atoms with Crippen molar-refractivity contribution in [3.8, 4) is 0 Å². The van der Waals surface area contributed by atoms with Gasteiger partial charge in [-0.2, -0.15) is 5.10 Å². The maximum atomic E-state index is 12.6. The van der Waals surface area contributed by atoms with Crippen molar-refractivity contribution < 1.29 is 4.79 Å². The lowest BCUT2D eigenvalue weighted by molar-refractivity contribution is -0.121. The fourth-order valence-corrected chi connectivity index (χ4v) is 3.39. The number of amides is 1. The number of aromatic nitrogens is 3. The number of hydrogen-bond acceptors (Lipinski definition) is 4. The number of piperidine rings is 1. The van der Waals surface area contributed by atoms with Crippen LogP contribution in [-0.2, 0) is 4.79 Å². The van der Waals surface area contributed by atoms with Crippen molar-refractivity contribution >= 4 is 23.3 Å². The van der Waals surface area contributed by atoms with Crippen molar-refractivity contribution in [2.24, 2.45) is 5.92 Å². The van der Waals surface area contributed by atoms with Gasteiger partial charge in [-0.1, -0.05) is 18.5 Å². The van der Waals surface area contributed by atoms with Crippen LogP contribution in [0.3, 0.4) is 0 Å². The molecule has 6 nitrogen and oxygen atoms in total. The topological polar surface area (TPSA) is 73.9 Å². The zero-order valence-electron chi connectivity index (χ0n) is 13.9. The molecule has 0 spiro atoms. The van der Waals surface area contributed by atoms with E-state index in [0.717, 1.165) is 25.2 Å². The molecular formula is C17H22ClN5O. The lowest BCUT2D eigenvalue weighted by Gasteiger charge is -2.38. The van der Waals surface area contributed by atoms with Crippen molar-refractivity contribution in [3.05, 3.63) is 41.3 Å². The van der Waals surface area contributed by atoms with E-state index < -0.39 is 0 Å². The smallest absolute Gasteiger partial charge is 0.242 e. The predicted molar refractivity (Wildman–Crippen MR) is 94.0 cm³/mol. The van der Waals surface area contributed by atoms with Crippen LogP contribution in [0.2, 0.25) is 5.02 Å². The molecule has 24 heavy (non-hydrogen) atoms. The number of H-pyrrole nitrogens is 1. The third-order valence-corrected chi connectivity index (χ3v) is 4.78. The highest BCUT2D eigenvalue weighted by atomic mass is 35.5. The highest BCUT2D eigenvalue weighted by Crippen LogP contribution is 2.30. The van der Waals surface area contributed by atoms with Crippen molar-refractivity contribution in [1.82, 2.24) is 20.1 Å². The van der Waals surface area contributed by atoms with Gasteiger partial charge in [0.2, 0.25) is 5.91 Å². The summed E-state index contributed by atoms with van der Waals surface area (Å²) in [5.41, 5.74) is 1.14. The summed E-state index contributed by atoms with van der Waals surface area (Å²) in [7, 11) is 0. The van der Waals surface area contributed by atoms with Crippen molar-refractivity contribution in [3.63, 3.8) is 0 Å². The molecule has 3 rings (SSSR count). The Morgan fingerprint density at radius 3 is 2.92 bits per heavy atom. The van der Waals surface area contributed by atoms with E-state index in [-0.39, 0.29) is 11.9 Å². The van der Waals surface area contributed by atoms with Crippen molar-refractivity contribution in [2.45, 2.75) is 32.2 Å². The Kier molecular flexibility index (Phi) is 5.16. The van der Waals surface area contributed by atoms with Crippen LogP contribution in [0.15, 0.2) is 30.6 Å². The van der Waals surface area contributed by atoms with E-state index in [0.29, 0.717) is 22.7 Å². The van der Waals surface area contributed by atoms with Crippen LogP contribution in [0, 0.1) is 5.92 Å². The monoisotopic (exact) mass is 347 g/mol.